The smallest absolute Gasteiger partial charge is 0.325 e. The highest BCUT2D eigenvalue weighted by molar-refractivity contribution is 5.90. The van der Waals surface area contributed by atoms with Crippen LogP contribution in [-0.2, 0) is 24.5 Å². The maximum absolute atomic E-state index is 12.9. The summed E-state index contributed by atoms with van der Waals surface area (Å²) in [7, 11) is 1.28. The van der Waals surface area contributed by atoms with E-state index in [2.05, 4.69) is 10.1 Å². The van der Waals surface area contributed by atoms with Crippen molar-refractivity contribution in [2.75, 3.05) is 20.2 Å². The summed E-state index contributed by atoms with van der Waals surface area (Å²) in [6.07, 6.45) is 2.66. The maximum atomic E-state index is 12.9. The fourth-order valence-electron chi connectivity index (χ4n) is 4.36. The van der Waals surface area contributed by atoms with Gasteiger partial charge in [0, 0.05) is 18.4 Å². The Morgan fingerprint density at radius 2 is 1.59 bits per heavy atom. The molecule has 3 N–H and O–H groups in total. The van der Waals surface area contributed by atoms with Crippen LogP contribution < -0.4 is 5.32 Å². The molecule has 3 rings (SSSR count). The van der Waals surface area contributed by atoms with E-state index in [0.29, 0.717) is 19.4 Å². The summed E-state index contributed by atoms with van der Waals surface area (Å²) in [5, 5.41) is 22.3. The molecule has 1 aliphatic heterocycles. The molecule has 8 nitrogen and oxygen atoms in total. The summed E-state index contributed by atoms with van der Waals surface area (Å²) in [6.45, 7) is 2.34. The number of likely N-dealkylation sites (tertiary alicyclic amines) is 1. The Labute approximate surface area is 199 Å². The molecule has 1 heterocycles. The maximum Gasteiger partial charge on any atom is 0.325 e. The minimum absolute atomic E-state index is 0.124. The van der Waals surface area contributed by atoms with Gasteiger partial charge in [0.25, 0.3) is 0 Å². The summed E-state index contributed by atoms with van der Waals surface area (Å²) in [5.74, 6) is -0.701. The summed E-state index contributed by atoms with van der Waals surface area (Å²) in [5.41, 5.74) is 1.26. The Balaban J connectivity index is 1.73. The molecule has 0 saturated carbocycles. The SMILES string of the molecule is COC(=O)CN1CCCCC(NC(=O)CCC(C)(c2ccc(O)cc2)c2ccc(O)cc2)C1=O. The number of nitrogens with zero attached hydrogens (tertiary/aromatic N) is 1. The molecule has 1 fully saturated rings. The van der Waals surface area contributed by atoms with Gasteiger partial charge in [0.15, 0.2) is 0 Å². The molecule has 1 saturated heterocycles. The zero-order valence-corrected chi connectivity index (χ0v) is 19.6. The third-order valence-electron chi connectivity index (χ3n) is 6.52. The molecule has 8 heteroatoms. The number of ether oxygens (including phenoxy) is 1. The Morgan fingerprint density at radius 3 is 2.12 bits per heavy atom. The van der Waals surface area contributed by atoms with E-state index in [1.54, 1.807) is 24.3 Å². The first-order valence-electron chi connectivity index (χ1n) is 11.5. The number of hydrogen-bond acceptors (Lipinski definition) is 6. The van der Waals surface area contributed by atoms with Crippen LogP contribution in [0.15, 0.2) is 48.5 Å². The minimum Gasteiger partial charge on any atom is -0.508 e. The molecule has 1 atom stereocenters. The van der Waals surface area contributed by atoms with E-state index < -0.39 is 17.4 Å². The van der Waals surface area contributed by atoms with Gasteiger partial charge in [-0.3, -0.25) is 14.4 Å². The predicted octanol–water partition coefficient (Wildman–Crippen LogP) is 2.85. The molecule has 34 heavy (non-hydrogen) atoms. The van der Waals surface area contributed by atoms with E-state index in [9.17, 15) is 24.6 Å². The van der Waals surface area contributed by atoms with E-state index >= 15 is 0 Å². The van der Waals surface area contributed by atoms with Gasteiger partial charge in [-0.15, -0.1) is 0 Å². The van der Waals surface area contributed by atoms with Crippen LogP contribution in [0.2, 0.25) is 0 Å². The highest BCUT2D eigenvalue weighted by Crippen LogP contribution is 2.37. The van der Waals surface area contributed by atoms with Crippen LogP contribution in [-0.4, -0.2) is 59.1 Å². The largest absolute Gasteiger partial charge is 0.508 e. The minimum atomic E-state index is -0.673. The van der Waals surface area contributed by atoms with Crippen molar-refractivity contribution in [2.45, 2.75) is 50.5 Å². The van der Waals surface area contributed by atoms with Gasteiger partial charge in [0.1, 0.15) is 24.1 Å². The molecule has 2 aromatic carbocycles. The summed E-state index contributed by atoms with van der Waals surface area (Å²) in [6, 6.07) is 13.0. The van der Waals surface area contributed by atoms with Gasteiger partial charge in [-0.25, -0.2) is 0 Å². The van der Waals surface area contributed by atoms with Crippen molar-refractivity contribution < 1.29 is 29.3 Å². The molecule has 2 aromatic rings. The van der Waals surface area contributed by atoms with Crippen LogP contribution in [0.25, 0.3) is 0 Å². The number of carbonyl (C=O) groups excluding carboxylic acids is 3. The van der Waals surface area contributed by atoms with Crippen molar-refractivity contribution in [3.05, 3.63) is 59.7 Å². The number of methoxy groups -OCH3 is 1. The van der Waals surface area contributed by atoms with E-state index in [1.165, 1.54) is 12.0 Å². The van der Waals surface area contributed by atoms with Crippen LogP contribution in [0.5, 0.6) is 11.5 Å². The lowest BCUT2D eigenvalue weighted by molar-refractivity contribution is -0.147. The number of benzene rings is 2. The molecule has 0 radical (unpaired) electrons. The van der Waals surface area contributed by atoms with Gasteiger partial charge < -0.3 is 25.2 Å². The second-order valence-corrected chi connectivity index (χ2v) is 8.88. The first-order valence-corrected chi connectivity index (χ1v) is 11.5. The summed E-state index contributed by atoms with van der Waals surface area (Å²) >= 11 is 0. The molecule has 0 aliphatic carbocycles. The number of hydrogen-bond donors (Lipinski definition) is 3. The van der Waals surface area contributed by atoms with Crippen molar-refractivity contribution in [1.82, 2.24) is 10.2 Å². The van der Waals surface area contributed by atoms with E-state index in [0.717, 1.165) is 24.0 Å². The van der Waals surface area contributed by atoms with Crippen molar-refractivity contribution in [1.29, 1.82) is 0 Å². The molecule has 182 valence electrons. The van der Waals surface area contributed by atoms with Crippen molar-refractivity contribution in [3.8, 4) is 11.5 Å². The lowest BCUT2D eigenvalue weighted by Gasteiger charge is -2.31. The second-order valence-electron chi connectivity index (χ2n) is 8.88. The molecule has 1 aliphatic rings. The monoisotopic (exact) mass is 468 g/mol. The van der Waals surface area contributed by atoms with Crippen LogP contribution >= 0.6 is 0 Å². The van der Waals surface area contributed by atoms with Gasteiger partial charge in [-0.2, -0.15) is 0 Å². The average Bonchev–Trinajstić information content (AvgIpc) is 2.99. The topological polar surface area (TPSA) is 116 Å². The van der Waals surface area contributed by atoms with Gasteiger partial charge >= 0.3 is 5.97 Å². The molecule has 1 unspecified atom stereocenters. The first-order chi connectivity index (χ1) is 16.2. The lowest BCUT2D eigenvalue weighted by atomic mass is 9.73. The number of phenols is 2. The number of phenolic OH excluding ortho intramolecular Hbond substituents is 2. The van der Waals surface area contributed by atoms with Crippen molar-refractivity contribution in [3.63, 3.8) is 0 Å². The molecule has 0 aromatic heterocycles. The number of rotatable bonds is 8. The Kier molecular flexibility index (Phi) is 8.15. The molecular formula is C26H32N2O6. The molecule has 2 amide bonds. The van der Waals surface area contributed by atoms with Crippen LogP contribution in [0, 0.1) is 0 Å². The number of aromatic hydroxyl groups is 2. The van der Waals surface area contributed by atoms with Crippen LogP contribution in [0.3, 0.4) is 0 Å². The normalized spacial score (nSPS) is 16.6. The number of amides is 2. The Hall–Kier alpha value is -3.55. The van der Waals surface area contributed by atoms with Crippen LogP contribution in [0.4, 0.5) is 0 Å². The summed E-state index contributed by atoms with van der Waals surface area (Å²) in [4.78, 5) is 38.9. The van der Waals surface area contributed by atoms with E-state index in [1.807, 2.05) is 31.2 Å². The van der Waals surface area contributed by atoms with Crippen molar-refractivity contribution in [2.24, 2.45) is 0 Å². The zero-order chi connectivity index (χ0) is 24.7. The molecule has 0 spiro atoms. The standard InChI is InChI=1S/C26H32N2O6/c1-26(18-6-10-20(29)11-7-18,19-8-12-21(30)13-9-19)15-14-23(31)27-22-5-3-4-16-28(25(22)33)17-24(32)34-2/h6-13,22,29-30H,3-5,14-17H2,1-2H3,(H,27,31). The third-order valence-corrected chi connectivity index (χ3v) is 6.52. The van der Waals surface area contributed by atoms with Gasteiger partial charge in [0.05, 0.1) is 7.11 Å². The van der Waals surface area contributed by atoms with Gasteiger partial charge in [0.2, 0.25) is 11.8 Å². The number of esters is 1. The second kappa shape index (κ2) is 11.0. The molecular weight excluding hydrogens is 436 g/mol. The fourth-order valence-corrected chi connectivity index (χ4v) is 4.36. The van der Waals surface area contributed by atoms with E-state index in [-0.39, 0.29) is 36.3 Å². The van der Waals surface area contributed by atoms with E-state index in [4.69, 9.17) is 0 Å². The highest BCUT2D eigenvalue weighted by atomic mass is 16.5. The number of carbonyl (C=O) groups is 3. The quantitative estimate of drug-likeness (QED) is 0.513. The van der Waals surface area contributed by atoms with Gasteiger partial charge in [-0.05, 0) is 61.1 Å². The summed E-state index contributed by atoms with van der Waals surface area (Å²) < 4.78 is 4.68. The Bertz CT molecular complexity index is 957. The lowest BCUT2D eigenvalue weighted by Crippen LogP contribution is -2.49. The van der Waals surface area contributed by atoms with Crippen molar-refractivity contribution >= 4 is 17.8 Å². The van der Waals surface area contributed by atoms with Crippen LogP contribution in [0.1, 0.15) is 50.2 Å². The van der Waals surface area contributed by atoms with Gasteiger partial charge in [-0.1, -0.05) is 31.2 Å². The first kappa shape index (κ1) is 25.1. The third kappa shape index (κ3) is 6.07. The predicted molar refractivity (Wildman–Crippen MR) is 126 cm³/mol. The average molecular weight is 469 g/mol. The molecule has 0 bridgehead atoms. The highest BCUT2D eigenvalue weighted by Gasteiger charge is 2.32. The Morgan fingerprint density at radius 1 is 1.03 bits per heavy atom. The fraction of sp³-hybridized carbons (Fsp3) is 0.423. The number of nitrogens with one attached hydrogen (secondary N) is 1. The zero-order valence-electron chi connectivity index (χ0n) is 19.6.